The van der Waals surface area contributed by atoms with Crippen molar-refractivity contribution >= 4 is 52.0 Å². The van der Waals surface area contributed by atoms with Gasteiger partial charge in [0.15, 0.2) is 20.6 Å². The van der Waals surface area contributed by atoms with Crippen LogP contribution in [-0.4, -0.2) is 60.7 Å². The van der Waals surface area contributed by atoms with Crippen molar-refractivity contribution in [1.29, 1.82) is 0 Å². The average molecular weight is 609 g/mol. The number of nitrogens with zero attached hydrogens (tertiary/aromatic N) is 1. The fraction of sp³-hybridized carbons (Fsp3) is 0.700. The van der Waals surface area contributed by atoms with Crippen LogP contribution in [0.2, 0.25) is 36.3 Å². The van der Waals surface area contributed by atoms with Crippen molar-refractivity contribution in [3.63, 3.8) is 0 Å². The Morgan fingerprint density at radius 3 is 2.13 bits per heavy atom. The van der Waals surface area contributed by atoms with Gasteiger partial charge in [0.2, 0.25) is 5.91 Å². The molecule has 3 atom stereocenters. The summed E-state index contributed by atoms with van der Waals surface area (Å²) in [4.78, 5) is 27.4. The van der Waals surface area contributed by atoms with Gasteiger partial charge in [-0.3, -0.25) is 4.79 Å². The lowest BCUT2D eigenvalue weighted by atomic mass is 9.83. The van der Waals surface area contributed by atoms with Gasteiger partial charge in [-0.25, -0.2) is 4.79 Å². The number of esters is 1. The number of ether oxygens (including phenoxy) is 1. The Kier molecular flexibility index (Phi) is 9.96. The predicted molar refractivity (Wildman–Crippen MR) is 172 cm³/mol. The second-order valence-corrected chi connectivity index (χ2v) is 26.9. The van der Waals surface area contributed by atoms with Gasteiger partial charge in [0.25, 0.3) is 0 Å². The van der Waals surface area contributed by atoms with Crippen LogP contribution in [0.15, 0.2) is 30.3 Å². The monoisotopic (exact) mass is 608 g/mol. The molecule has 2 saturated heterocycles. The van der Waals surface area contributed by atoms with Crippen molar-refractivity contribution in [3.8, 4) is 0 Å². The van der Waals surface area contributed by atoms with E-state index in [1.165, 1.54) is 0 Å². The largest absolute Gasteiger partial charge is 0.459 e. The molecule has 9 heteroatoms. The number of amides is 1. The fourth-order valence-electron chi connectivity index (χ4n) is 4.95. The molecule has 0 aromatic heterocycles. The smallest absolute Gasteiger partial charge is 0.333 e. The van der Waals surface area contributed by atoms with E-state index in [1.807, 2.05) is 30.3 Å². The van der Waals surface area contributed by atoms with Crippen LogP contribution in [0.25, 0.3) is 0 Å². The molecule has 5 nitrogen and oxygen atoms in total. The molecular formula is C30H50NO4S2Si2. The van der Waals surface area contributed by atoms with Crippen molar-refractivity contribution in [2.24, 2.45) is 5.92 Å². The van der Waals surface area contributed by atoms with E-state index in [4.69, 9.17) is 9.16 Å². The Bertz CT molecular complexity index is 1010. The Hall–Kier alpha value is -0.746. The van der Waals surface area contributed by atoms with Gasteiger partial charge in [-0.15, -0.1) is 23.5 Å². The zero-order valence-corrected chi connectivity index (χ0v) is 29.6. The molecule has 1 aromatic rings. The summed E-state index contributed by atoms with van der Waals surface area (Å²) in [5, 5.41) is 0.0943. The highest BCUT2D eigenvalue weighted by atomic mass is 32.2. The topological polar surface area (TPSA) is 55.8 Å². The number of benzene rings is 1. The van der Waals surface area contributed by atoms with Crippen LogP contribution >= 0.6 is 23.5 Å². The number of hydrogen-bond donors (Lipinski definition) is 0. The fourth-order valence-corrected chi connectivity index (χ4v) is 11.8. The summed E-state index contributed by atoms with van der Waals surface area (Å²) in [5.41, 5.74) is 0.986. The lowest BCUT2D eigenvalue weighted by Crippen LogP contribution is -2.75. The van der Waals surface area contributed by atoms with Crippen LogP contribution in [0.4, 0.5) is 0 Å². The average Bonchev–Trinajstić information content (AvgIpc) is 3.29. The Balaban J connectivity index is 1.83. The van der Waals surface area contributed by atoms with Gasteiger partial charge in [-0.2, -0.15) is 0 Å². The van der Waals surface area contributed by atoms with Gasteiger partial charge < -0.3 is 13.7 Å². The standard InChI is InChI=1S/C30H50NO4S2Si2/c1-22(35-39(10,11)29(5,6)7)25-24(31(26(25)32)38(8,9)28(2,3)4)17-18-30(36-19-20-37-30)27(33)34-21-23-15-13-12-14-16-23/h12-16,18,22,24-25H,17,19-21H2,1-11H3. The van der Waals surface area contributed by atoms with Crippen LogP contribution in [0, 0.1) is 12.3 Å². The van der Waals surface area contributed by atoms with Crippen LogP contribution in [0.1, 0.15) is 60.5 Å². The van der Waals surface area contributed by atoms with Crippen LogP contribution in [0.5, 0.6) is 0 Å². The molecule has 3 unspecified atom stereocenters. The summed E-state index contributed by atoms with van der Waals surface area (Å²) in [5.74, 6) is 1.65. The minimum absolute atomic E-state index is 0.0264. The maximum Gasteiger partial charge on any atom is 0.333 e. The Morgan fingerprint density at radius 1 is 1.05 bits per heavy atom. The van der Waals surface area contributed by atoms with E-state index < -0.39 is 20.6 Å². The minimum atomic E-state index is -2.13. The molecule has 0 spiro atoms. The molecule has 0 aliphatic carbocycles. The molecule has 1 amide bonds. The van der Waals surface area contributed by atoms with Gasteiger partial charge >= 0.3 is 5.97 Å². The molecule has 39 heavy (non-hydrogen) atoms. The van der Waals surface area contributed by atoms with Crippen molar-refractivity contribution in [1.82, 2.24) is 4.57 Å². The first-order valence-electron chi connectivity index (χ1n) is 14.2. The molecule has 3 rings (SSSR count). The maximum absolute atomic E-state index is 13.9. The van der Waals surface area contributed by atoms with E-state index in [2.05, 4.69) is 85.6 Å². The lowest BCUT2D eigenvalue weighted by molar-refractivity contribution is -0.154. The van der Waals surface area contributed by atoms with Gasteiger partial charge in [0.1, 0.15) is 6.61 Å². The molecule has 2 aliphatic rings. The molecule has 2 fully saturated rings. The second-order valence-electron chi connectivity index (χ2n) is 14.1. The zero-order chi connectivity index (χ0) is 29.4. The molecule has 0 bridgehead atoms. The molecule has 0 saturated carbocycles. The van der Waals surface area contributed by atoms with Crippen molar-refractivity contribution in [3.05, 3.63) is 42.3 Å². The van der Waals surface area contributed by atoms with Gasteiger partial charge in [0.05, 0.1) is 12.0 Å². The van der Waals surface area contributed by atoms with Gasteiger partial charge in [-0.05, 0) is 42.1 Å². The quantitative estimate of drug-likeness (QED) is 0.154. The zero-order valence-electron chi connectivity index (χ0n) is 25.9. The third kappa shape index (κ3) is 6.84. The SMILES string of the molecule is CC(O[Si](C)(C)C(C)(C)C)C1C(=O)N([Si](C)(C)C(C)(C)C)C1C[CH]C1(C(=O)OCc2ccccc2)SCCS1. The highest BCUT2D eigenvalue weighted by molar-refractivity contribution is 8.22. The summed E-state index contributed by atoms with van der Waals surface area (Å²) < 4.78 is 14.1. The first-order valence-corrected chi connectivity index (χ1v) is 22.0. The third-order valence-corrected chi connectivity index (χ3v) is 22.6. The summed E-state index contributed by atoms with van der Waals surface area (Å²) in [6, 6.07) is 9.86. The van der Waals surface area contributed by atoms with E-state index >= 15 is 0 Å². The Labute approximate surface area is 248 Å². The predicted octanol–water partition coefficient (Wildman–Crippen LogP) is 7.74. The summed E-state index contributed by atoms with van der Waals surface area (Å²) in [6.07, 6.45) is 2.66. The first-order chi connectivity index (χ1) is 17.8. The molecule has 0 N–H and O–H groups in total. The van der Waals surface area contributed by atoms with Crippen molar-refractivity contribution < 1.29 is 18.8 Å². The number of β-lactam (4-membered cyclic amide) rings is 1. The number of rotatable bonds is 10. The molecule has 2 heterocycles. The van der Waals surface area contributed by atoms with Crippen LogP contribution in [-0.2, 0) is 25.4 Å². The summed E-state index contributed by atoms with van der Waals surface area (Å²) in [6.45, 7) is 24.9. The third-order valence-electron chi connectivity index (χ3n) is 9.34. The number of carbonyl (C=O) groups excluding carboxylic acids is 2. The lowest BCUT2D eigenvalue weighted by Gasteiger charge is -2.60. The van der Waals surface area contributed by atoms with Gasteiger partial charge in [0, 0.05) is 24.0 Å². The number of hydrogen-bond acceptors (Lipinski definition) is 6. The van der Waals surface area contributed by atoms with Gasteiger partial charge in [-0.1, -0.05) is 85.0 Å². The highest BCUT2D eigenvalue weighted by Gasteiger charge is 2.60. The number of thioether (sulfide) groups is 2. The van der Waals surface area contributed by atoms with E-state index in [1.54, 1.807) is 23.5 Å². The van der Waals surface area contributed by atoms with Crippen LogP contribution in [0.3, 0.4) is 0 Å². The van der Waals surface area contributed by atoms with Crippen molar-refractivity contribution in [2.45, 2.75) is 114 Å². The molecule has 1 radical (unpaired) electrons. The van der Waals surface area contributed by atoms with Crippen molar-refractivity contribution in [2.75, 3.05) is 11.5 Å². The van der Waals surface area contributed by atoms with E-state index in [9.17, 15) is 9.59 Å². The maximum atomic E-state index is 13.9. The molecule has 219 valence electrons. The molecule has 1 aromatic carbocycles. The first kappa shape index (κ1) is 32.8. The Morgan fingerprint density at radius 2 is 1.62 bits per heavy atom. The van der Waals surface area contributed by atoms with E-state index in [-0.39, 0.29) is 46.6 Å². The highest BCUT2D eigenvalue weighted by Crippen LogP contribution is 2.52. The van der Waals surface area contributed by atoms with Crippen LogP contribution < -0.4 is 0 Å². The molecular weight excluding hydrogens is 559 g/mol. The normalized spacial score (nSPS) is 22.9. The summed E-state index contributed by atoms with van der Waals surface area (Å²) in [7, 11) is -4.18. The number of carbonyl (C=O) groups is 2. The molecule has 2 aliphatic heterocycles. The minimum Gasteiger partial charge on any atom is -0.459 e. The summed E-state index contributed by atoms with van der Waals surface area (Å²) >= 11 is 3.33. The second kappa shape index (κ2) is 11.9. The van der Waals surface area contributed by atoms with E-state index in [0.717, 1.165) is 17.1 Å². The van der Waals surface area contributed by atoms with E-state index in [0.29, 0.717) is 6.42 Å².